The molecule has 1 aromatic carbocycles. The quantitative estimate of drug-likeness (QED) is 0.745. The van der Waals surface area contributed by atoms with Crippen LogP contribution in [-0.2, 0) is 5.41 Å². The highest BCUT2D eigenvalue weighted by molar-refractivity contribution is 5.32. The first kappa shape index (κ1) is 11.7. The monoisotopic (exact) mass is 217 g/mol. The highest BCUT2D eigenvalue weighted by Crippen LogP contribution is 2.34. The van der Waals surface area contributed by atoms with Crippen LogP contribution < -0.4 is 5.32 Å². The maximum atomic E-state index is 3.44. The van der Waals surface area contributed by atoms with Crippen molar-refractivity contribution in [1.82, 2.24) is 5.32 Å². The number of nitrogens with one attached hydrogen (secondary N) is 1. The minimum absolute atomic E-state index is 0.447. The molecule has 0 saturated carbocycles. The van der Waals surface area contributed by atoms with Gasteiger partial charge < -0.3 is 5.32 Å². The van der Waals surface area contributed by atoms with Crippen LogP contribution in [0.2, 0.25) is 0 Å². The average Bonchev–Trinajstić information content (AvgIpc) is 2.24. The molecule has 1 fully saturated rings. The van der Waals surface area contributed by atoms with E-state index in [4.69, 9.17) is 0 Å². The van der Waals surface area contributed by atoms with Gasteiger partial charge in [0, 0.05) is 18.5 Å². The lowest BCUT2D eigenvalue weighted by atomic mass is 9.71. The second kappa shape index (κ2) is 5.01. The molecule has 0 atom stereocenters. The fourth-order valence-electron chi connectivity index (χ4n) is 2.57. The third kappa shape index (κ3) is 2.30. The lowest BCUT2D eigenvalue weighted by Crippen LogP contribution is -2.56. The van der Waals surface area contributed by atoms with Gasteiger partial charge in [0.05, 0.1) is 0 Å². The van der Waals surface area contributed by atoms with Crippen molar-refractivity contribution in [2.45, 2.75) is 44.9 Å². The summed E-state index contributed by atoms with van der Waals surface area (Å²) in [5, 5.41) is 3.44. The maximum absolute atomic E-state index is 3.44. The summed E-state index contributed by atoms with van der Waals surface area (Å²) in [5.41, 5.74) is 3.34. The van der Waals surface area contributed by atoms with Crippen LogP contribution in [0, 0.1) is 6.92 Å². The van der Waals surface area contributed by atoms with E-state index in [1.807, 2.05) is 0 Å². The van der Waals surface area contributed by atoms with E-state index in [1.54, 1.807) is 0 Å². The van der Waals surface area contributed by atoms with E-state index in [0.717, 1.165) is 0 Å². The number of benzene rings is 1. The fraction of sp³-hybridized carbons (Fsp3) is 0.600. The molecule has 1 aliphatic heterocycles. The Balaban J connectivity index is 2.05. The van der Waals surface area contributed by atoms with Gasteiger partial charge in [-0.2, -0.15) is 0 Å². The smallest absolute Gasteiger partial charge is 0.0202 e. The Bertz CT molecular complexity index is 322. The van der Waals surface area contributed by atoms with Crippen LogP contribution in [0.5, 0.6) is 0 Å². The van der Waals surface area contributed by atoms with E-state index < -0.39 is 0 Å². The first-order valence-electron chi connectivity index (χ1n) is 6.55. The molecule has 1 aromatic rings. The first-order chi connectivity index (χ1) is 7.77. The van der Waals surface area contributed by atoms with Gasteiger partial charge in [-0.25, -0.2) is 0 Å². The van der Waals surface area contributed by atoms with E-state index >= 15 is 0 Å². The van der Waals surface area contributed by atoms with Crippen LogP contribution >= 0.6 is 0 Å². The predicted molar refractivity (Wildman–Crippen MR) is 69.9 cm³/mol. The van der Waals surface area contributed by atoms with Gasteiger partial charge in [0.1, 0.15) is 0 Å². The molecule has 0 aliphatic carbocycles. The van der Waals surface area contributed by atoms with E-state index in [2.05, 4.69) is 43.4 Å². The Morgan fingerprint density at radius 1 is 1.12 bits per heavy atom. The van der Waals surface area contributed by atoms with Crippen molar-refractivity contribution in [3.05, 3.63) is 35.4 Å². The molecule has 1 aliphatic rings. The van der Waals surface area contributed by atoms with E-state index in [1.165, 1.54) is 49.9 Å². The molecule has 1 saturated heterocycles. The molecular formula is C15H23N. The van der Waals surface area contributed by atoms with Crippen molar-refractivity contribution >= 4 is 0 Å². The Labute approximate surface area is 99.3 Å². The second-order valence-corrected chi connectivity index (χ2v) is 5.21. The molecule has 1 nitrogen and oxygen atoms in total. The van der Waals surface area contributed by atoms with Gasteiger partial charge in [-0.15, -0.1) is 0 Å². The fourth-order valence-corrected chi connectivity index (χ4v) is 2.57. The van der Waals surface area contributed by atoms with Crippen molar-refractivity contribution in [2.75, 3.05) is 13.1 Å². The Morgan fingerprint density at radius 3 is 2.31 bits per heavy atom. The van der Waals surface area contributed by atoms with Crippen LogP contribution in [0.25, 0.3) is 0 Å². The minimum Gasteiger partial charge on any atom is -0.315 e. The third-order valence-electron chi connectivity index (χ3n) is 3.85. The molecule has 88 valence electrons. The number of rotatable bonds is 5. The summed E-state index contributed by atoms with van der Waals surface area (Å²) in [6.07, 6.45) is 5.40. The number of hydrogen-bond donors (Lipinski definition) is 1. The highest BCUT2D eigenvalue weighted by Gasteiger charge is 2.37. The van der Waals surface area contributed by atoms with E-state index in [0.29, 0.717) is 5.41 Å². The zero-order valence-electron chi connectivity index (χ0n) is 10.6. The van der Waals surface area contributed by atoms with Crippen LogP contribution in [0.3, 0.4) is 0 Å². The van der Waals surface area contributed by atoms with Crippen LogP contribution in [-0.4, -0.2) is 13.1 Å². The summed E-state index contributed by atoms with van der Waals surface area (Å²) >= 11 is 0. The topological polar surface area (TPSA) is 12.0 Å². The van der Waals surface area contributed by atoms with Crippen LogP contribution in [0.4, 0.5) is 0 Å². The number of aryl methyl sites for hydroxylation is 1. The zero-order chi connectivity index (χ0) is 11.4. The molecular weight excluding hydrogens is 194 g/mol. The molecule has 0 bridgehead atoms. The molecule has 0 spiro atoms. The van der Waals surface area contributed by atoms with Crippen molar-refractivity contribution in [2.24, 2.45) is 0 Å². The number of hydrogen-bond acceptors (Lipinski definition) is 1. The molecule has 1 N–H and O–H groups in total. The van der Waals surface area contributed by atoms with Gasteiger partial charge >= 0.3 is 0 Å². The lowest BCUT2D eigenvalue weighted by Gasteiger charge is -2.43. The standard InChI is InChI=1S/C15H23N/c1-3-4-5-10-15(11-16-12-15)14-8-6-13(2)7-9-14/h6-9,16H,3-5,10-12H2,1-2H3. The highest BCUT2D eigenvalue weighted by atomic mass is 15.0. The van der Waals surface area contributed by atoms with Crippen molar-refractivity contribution < 1.29 is 0 Å². The van der Waals surface area contributed by atoms with Crippen molar-refractivity contribution in [3.63, 3.8) is 0 Å². The maximum Gasteiger partial charge on any atom is 0.0202 e. The van der Waals surface area contributed by atoms with Crippen LogP contribution in [0.15, 0.2) is 24.3 Å². The van der Waals surface area contributed by atoms with Gasteiger partial charge in [-0.05, 0) is 18.9 Å². The average molecular weight is 217 g/mol. The Morgan fingerprint density at radius 2 is 1.81 bits per heavy atom. The molecule has 0 amide bonds. The molecule has 1 heterocycles. The van der Waals surface area contributed by atoms with E-state index in [9.17, 15) is 0 Å². The van der Waals surface area contributed by atoms with Crippen LogP contribution in [0.1, 0.15) is 43.7 Å². The molecule has 1 heteroatoms. The lowest BCUT2D eigenvalue weighted by molar-refractivity contribution is 0.250. The minimum atomic E-state index is 0.447. The first-order valence-corrected chi connectivity index (χ1v) is 6.55. The van der Waals surface area contributed by atoms with Gasteiger partial charge in [-0.1, -0.05) is 56.0 Å². The second-order valence-electron chi connectivity index (χ2n) is 5.21. The summed E-state index contributed by atoms with van der Waals surface area (Å²) in [4.78, 5) is 0. The van der Waals surface area contributed by atoms with Crippen molar-refractivity contribution in [3.8, 4) is 0 Å². The van der Waals surface area contributed by atoms with Gasteiger partial charge in [0.2, 0.25) is 0 Å². The third-order valence-corrected chi connectivity index (χ3v) is 3.85. The molecule has 2 rings (SSSR count). The summed E-state index contributed by atoms with van der Waals surface area (Å²) in [5.74, 6) is 0. The van der Waals surface area contributed by atoms with E-state index in [-0.39, 0.29) is 0 Å². The predicted octanol–water partition coefficient (Wildman–Crippen LogP) is 3.42. The molecule has 0 unspecified atom stereocenters. The summed E-state index contributed by atoms with van der Waals surface area (Å²) in [6.45, 7) is 6.77. The van der Waals surface area contributed by atoms with Crippen molar-refractivity contribution in [1.29, 1.82) is 0 Å². The normalized spacial score (nSPS) is 18.1. The summed E-state index contributed by atoms with van der Waals surface area (Å²) < 4.78 is 0. The zero-order valence-corrected chi connectivity index (χ0v) is 10.6. The SMILES string of the molecule is CCCCCC1(c2ccc(C)cc2)CNC1. The number of unbranched alkanes of at least 4 members (excludes halogenated alkanes) is 2. The molecule has 16 heavy (non-hydrogen) atoms. The molecule has 0 aromatic heterocycles. The summed E-state index contributed by atoms with van der Waals surface area (Å²) in [7, 11) is 0. The largest absolute Gasteiger partial charge is 0.315 e. The Kier molecular flexibility index (Phi) is 3.65. The van der Waals surface area contributed by atoms with Gasteiger partial charge in [0.15, 0.2) is 0 Å². The Hall–Kier alpha value is -0.820. The van der Waals surface area contributed by atoms with Gasteiger partial charge in [-0.3, -0.25) is 0 Å². The summed E-state index contributed by atoms with van der Waals surface area (Å²) in [6, 6.07) is 9.13. The molecule has 0 radical (unpaired) electrons. The van der Waals surface area contributed by atoms with Gasteiger partial charge in [0.25, 0.3) is 0 Å².